The van der Waals surface area contributed by atoms with Crippen LogP contribution in [0.2, 0.25) is 5.02 Å². The second kappa shape index (κ2) is 4.11. The normalized spacial score (nSPS) is 15.7. The van der Waals surface area contributed by atoms with Gasteiger partial charge in [-0.3, -0.25) is 0 Å². The molecule has 1 aliphatic heterocycles. The Morgan fingerprint density at radius 2 is 2.00 bits per heavy atom. The van der Waals surface area contributed by atoms with E-state index in [1.165, 1.54) is 6.07 Å². The van der Waals surface area contributed by atoms with E-state index >= 15 is 0 Å². The number of carboxylic acid groups (broad SMARTS) is 1. The Labute approximate surface area is 93.3 Å². The number of aromatic carboxylic acids is 1. The van der Waals surface area contributed by atoms with Crippen LogP contribution in [0.4, 0.5) is 5.69 Å². The van der Waals surface area contributed by atoms with Crippen molar-refractivity contribution in [3.63, 3.8) is 0 Å². The molecule has 0 saturated carbocycles. The van der Waals surface area contributed by atoms with Crippen LogP contribution in [0.15, 0.2) is 18.2 Å². The Hall–Kier alpha value is -1.22. The van der Waals surface area contributed by atoms with E-state index in [2.05, 4.69) is 4.90 Å². The number of nitrogens with zero attached hydrogens (tertiary/aromatic N) is 1. The highest BCUT2D eigenvalue weighted by atomic mass is 35.5. The number of anilines is 1. The molecule has 15 heavy (non-hydrogen) atoms. The van der Waals surface area contributed by atoms with Crippen LogP contribution in [0.5, 0.6) is 0 Å². The number of carbonyl (C=O) groups is 1. The zero-order chi connectivity index (χ0) is 10.8. The summed E-state index contributed by atoms with van der Waals surface area (Å²) in [5.41, 5.74) is 1.02. The Kier molecular flexibility index (Phi) is 2.82. The average molecular weight is 226 g/mol. The van der Waals surface area contributed by atoms with Gasteiger partial charge in [-0.1, -0.05) is 17.7 Å². The van der Waals surface area contributed by atoms with Crippen LogP contribution >= 0.6 is 11.6 Å². The van der Waals surface area contributed by atoms with Crippen LogP contribution in [0.25, 0.3) is 0 Å². The maximum absolute atomic E-state index is 10.9. The zero-order valence-electron chi connectivity index (χ0n) is 8.24. The van der Waals surface area contributed by atoms with Crippen molar-refractivity contribution in [3.8, 4) is 0 Å². The van der Waals surface area contributed by atoms with Crippen molar-refractivity contribution < 1.29 is 9.90 Å². The van der Waals surface area contributed by atoms with Crippen LogP contribution in [0.1, 0.15) is 23.2 Å². The summed E-state index contributed by atoms with van der Waals surface area (Å²) in [4.78, 5) is 13.0. The number of hydrogen-bond acceptors (Lipinski definition) is 2. The van der Waals surface area contributed by atoms with E-state index in [-0.39, 0.29) is 5.56 Å². The Morgan fingerprint density at radius 1 is 1.33 bits per heavy atom. The highest BCUT2D eigenvalue weighted by Crippen LogP contribution is 2.31. The third kappa shape index (κ3) is 1.92. The number of carboxylic acids is 1. The molecule has 4 heteroatoms. The third-order valence-corrected chi connectivity index (χ3v) is 3.05. The van der Waals surface area contributed by atoms with Crippen molar-refractivity contribution in [1.29, 1.82) is 0 Å². The second-order valence-electron chi connectivity index (χ2n) is 3.64. The smallest absolute Gasteiger partial charge is 0.337 e. The molecule has 0 bridgehead atoms. The number of benzene rings is 1. The molecule has 1 aliphatic rings. The largest absolute Gasteiger partial charge is 0.478 e. The lowest BCUT2D eigenvalue weighted by Gasteiger charge is -2.19. The predicted molar refractivity (Wildman–Crippen MR) is 59.9 cm³/mol. The third-order valence-electron chi connectivity index (χ3n) is 2.66. The summed E-state index contributed by atoms with van der Waals surface area (Å²) in [5, 5.41) is 9.28. The van der Waals surface area contributed by atoms with E-state index in [1.54, 1.807) is 6.07 Å². The molecule has 0 atom stereocenters. The molecule has 0 spiro atoms. The number of halogens is 1. The van der Waals surface area contributed by atoms with Crippen molar-refractivity contribution in [2.24, 2.45) is 0 Å². The van der Waals surface area contributed by atoms with Crippen molar-refractivity contribution in [2.75, 3.05) is 18.0 Å². The first-order valence-electron chi connectivity index (χ1n) is 4.97. The lowest BCUT2D eigenvalue weighted by Crippen LogP contribution is -2.18. The van der Waals surface area contributed by atoms with Crippen LogP contribution in [-0.2, 0) is 0 Å². The van der Waals surface area contributed by atoms with Gasteiger partial charge in [-0.05, 0) is 25.0 Å². The summed E-state index contributed by atoms with van der Waals surface area (Å²) in [6.07, 6.45) is 2.29. The summed E-state index contributed by atoms with van der Waals surface area (Å²) in [6, 6.07) is 5.15. The van der Waals surface area contributed by atoms with Crippen molar-refractivity contribution in [2.45, 2.75) is 12.8 Å². The van der Waals surface area contributed by atoms with E-state index < -0.39 is 5.97 Å². The van der Waals surface area contributed by atoms with Crippen molar-refractivity contribution in [3.05, 3.63) is 28.8 Å². The summed E-state index contributed by atoms with van der Waals surface area (Å²) in [5.74, 6) is -0.971. The molecule has 1 aromatic rings. The lowest BCUT2D eigenvalue weighted by molar-refractivity contribution is 0.0697. The minimum absolute atomic E-state index is 0.182. The van der Waals surface area contributed by atoms with Gasteiger partial charge in [0.05, 0.1) is 16.3 Å². The quantitative estimate of drug-likeness (QED) is 0.841. The Morgan fingerprint density at radius 3 is 2.60 bits per heavy atom. The first kappa shape index (κ1) is 10.3. The standard InChI is InChI=1S/C11H12ClNO2/c12-10-8(11(14)15)4-3-5-9(10)13-6-1-2-7-13/h3-5H,1-2,6-7H2,(H,14,15). The molecule has 2 rings (SSSR count). The average Bonchev–Trinajstić information content (AvgIpc) is 2.70. The molecule has 0 unspecified atom stereocenters. The van der Waals surface area contributed by atoms with E-state index in [9.17, 15) is 4.79 Å². The zero-order valence-corrected chi connectivity index (χ0v) is 9.00. The van der Waals surface area contributed by atoms with Gasteiger partial charge in [-0.2, -0.15) is 0 Å². The molecule has 0 amide bonds. The molecule has 0 radical (unpaired) electrons. The van der Waals surface area contributed by atoms with Gasteiger partial charge in [0.2, 0.25) is 0 Å². The van der Waals surface area contributed by atoms with Crippen LogP contribution in [0.3, 0.4) is 0 Å². The van der Waals surface area contributed by atoms with Gasteiger partial charge < -0.3 is 10.0 Å². The maximum atomic E-state index is 10.9. The molecule has 1 fully saturated rings. The Bertz CT molecular complexity index is 386. The van der Waals surface area contributed by atoms with Crippen LogP contribution in [0, 0.1) is 0 Å². The van der Waals surface area contributed by atoms with Gasteiger partial charge in [0, 0.05) is 13.1 Å². The van der Waals surface area contributed by atoms with E-state index in [0.29, 0.717) is 5.02 Å². The van der Waals surface area contributed by atoms with Gasteiger partial charge in [0.1, 0.15) is 0 Å². The molecule has 80 valence electrons. The van der Waals surface area contributed by atoms with E-state index in [4.69, 9.17) is 16.7 Å². The number of rotatable bonds is 2. The fraction of sp³-hybridized carbons (Fsp3) is 0.364. The molecule has 0 aliphatic carbocycles. The van der Waals surface area contributed by atoms with Crippen LogP contribution in [-0.4, -0.2) is 24.2 Å². The summed E-state index contributed by atoms with van der Waals surface area (Å²) in [7, 11) is 0. The fourth-order valence-corrected chi connectivity index (χ4v) is 2.21. The topological polar surface area (TPSA) is 40.5 Å². The number of hydrogen-bond donors (Lipinski definition) is 1. The van der Waals surface area contributed by atoms with Gasteiger partial charge in [-0.25, -0.2) is 4.79 Å². The highest BCUT2D eigenvalue weighted by molar-refractivity contribution is 6.36. The van der Waals surface area contributed by atoms with E-state index in [1.807, 2.05) is 6.07 Å². The molecule has 3 nitrogen and oxygen atoms in total. The molecule has 0 aromatic heterocycles. The molecule has 1 aromatic carbocycles. The Balaban J connectivity index is 2.39. The monoisotopic (exact) mass is 225 g/mol. The highest BCUT2D eigenvalue weighted by Gasteiger charge is 2.18. The summed E-state index contributed by atoms with van der Waals surface area (Å²) < 4.78 is 0. The van der Waals surface area contributed by atoms with Crippen LogP contribution < -0.4 is 4.90 Å². The molecular formula is C11H12ClNO2. The van der Waals surface area contributed by atoms with Gasteiger partial charge in [0.15, 0.2) is 0 Å². The minimum atomic E-state index is -0.971. The SMILES string of the molecule is O=C(O)c1cccc(N2CCCC2)c1Cl. The lowest BCUT2D eigenvalue weighted by atomic mass is 10.2. The van der Waals surface area contributed by atoms with Crippen molar-refractivity contribution >= 4 is 23.3 Å². The van der Waals surface area contributed by atoms with Gasteiger partial charge in [-0.15, -0.1) is 0 Å². The van der Waals surface area contributed by atoms with Crippen molar-refractivity contribution in [1.82, 2.24) is 0 Å². The van der Waals surface area contributed by atoms with Gasteiger partial charge >= 0.3 is 5.97 Å². The molecule has 1 heterocycles. The molecule has 1 saturated heterocycles. The van der Waals surface area contributed by atoms with Gasteiger partial charge in [0.25, 0.3) is 0 Å². The first-order valence-corrected chi connectivity index (χ1v) is 5.34. The fourth-order valence-electron chi connectivity index (χ4n) is 1.89. The maximum Gasteiger partial charge on any atom is 0.337 e. The molecule has 1 N–H and O–H groups in total. The first-order chi connectivity index (χ1) is 7.20. The summed E-state index contributed by atoms with van der Waals surface area (Å²) in [6.45, 7) is 1.92. The second-order valence-corrected chi connectivity index (χ2v) is 4.02. The molecular weight excluding hydrogens is 214 g/mol. The van der Waals surface area contributed by atoms with E-state index in [0.717, 1.165) is 31.6 Å². The summed E-state index contributed by atoms with van der Waals surface area (Å²) >= 11 is 6.06. The minimum Gasteiger partial charge on any atom is -0.478 e. The predicted octanol–water partition coefficient (Wildman–Crippen LogP) is 2.64.